The second-order valence-electron chi connectivity index (χ2n) is 3.69. The van der Waals surface area contributed by atoms with Crippen LogP contribution in [0.4, 0.5) is 10.1 Å². The van der Waals surface area contributed by atoms with Crippen molar-refractivity contribution in [2.75, 3.05) is 5.73 Å². The number of ketones is 1. The molecule has 0 aliphatic heterocycles. The number of nitrogen functional groups attached to an aromatic ring is 1. The van der Waals surface area contributed by atoms with Crippen molar-refractivity contribution in [3.8, 4) is 0 Å². The number of carbonyl (C=O) groups excluding carboxylic acids is 1. The molecule has 2 nitrogen and oxygen atoms in total. The minimum atomic E-state index is -0.545. The van der Waals surface area contributed by atoms with Gasteiger partial charge in [-0.1, -0.05) is 15.9 Å². The zero-order valence-electron chi connectivity index (χ0n) is 9.08. The lowest BCUT2D eigenvalue weighted by Gasteiger charge is -2.05. The minimum absolute atomic E-state index is 0.0287. The van der Waals surface area contributed by atoms with E-state index in [-0.39, 0.29) is 11.3 Å². The predicted octanol–water partition coefficient (Wildman–Crippen LogP) is 4.16. The molecule has 0 amide bonds. The Morgan fingerprint density at radius 1 is 1.11 bits per heavy atom. The monoisotopic (exact) mass is 371 g/mol. The highest BCUT2D eigenvalue weighted by Gasteiger charge is 2.15. The molecular formula is C13H8Br2FNO. The SMILES string of the molecule is Nc1ccc(C(=O)c2cc(Br)ccc2F)cc1Br. The summed E-state index contributed by atoms with van der Waals surface area (Å²) in [5, 5.41) is 0. The molecule has 0 aromatic heterocycles. The summed E-state index contributed by atoms with van der Waals surface area (Å²) in [5.74, 6) is -0.925. The molecule has 92 valence electrons. The molecule has 0 saturated heterocycles. The Morgan fingerprint density at radius 2 is 1.83 bits per heavy atom. The van der Waals surface area contributed by atoms with Gasteiger partial charge < -0.3 is 5.73 Å². The van der Waals surface area contributed by atoms with Crippen molar-refractivity contribution < 1.29 is 9.18 Å². The number of rotatable bonds is 2. The van der Waals surface area contributed by atoms with Crippen LogP contribution in [-0.2, 0) is 0 Å². The van der Waals surface area contributed by atoms with E-state index in [9.17, 15) is 9.18 Å². The number of halogens is 3. The summed E-state index contributed by atoms with van der Waals surface area (Å²) in [7, 11) is 0. The van der Waals surface area contributed by atoms with Gasteiger partial charge in [-0.15, -0.1) is 0 Å². The third kappa shape index (κ3) is 2.62. The highest BCUT2D eigenvalue weighted by molar-refractivity contribution is 9.10. The molecule has 2 aromatic rings. The topological polar surface area (TPSA) is 43.1 Å². The van der Waals surface area contributed by atoms with Gasteiger partial charge in [0.1, 0.15) is 5.82 Å². The second kappa shape index (κ2) is 5.20. The second-order valence-corrected chi connectivity index (χ2v) is 5.46. The maximum atomic E-state index is 13.6. The lowest BCUT2D eigenvalue weighted by atomic mass is 10.0. The first-order valence-electron chi connectivity index (χ1n) is 5.04. The molecule has 2 rings (SSSR count). The van der Waals surface area contributed by atoms with Gasteiger partial charge in [-0.2, -0.15) is 0 Å². The molecule has 5 heteroatoms. The van der Waals surface area contributed by atoms with Crippen molar-refractivity contribution in [1.29, 1.82) is 0 Å². The summed E-state index contributed by atoms with van der Waals surface area (Å²) in [6, 6.07) is 9.02. The Kier molecular flexibility index (Phi) is 3.82. The molecule has 0 atom stereocenters. The Morgan fingerprint density at radius 3 is 2.50 bits per heavy atom. The van der Waals surface area contributed by atoms with Crippen LogP contribution in [0, 0.1) is 5.82 Å². The normalized spacial score (nSPS) is 10.4. The molecular weight excluding hydrogens is 365 g/mol. The van der Waals surface area contributed by atoms with Gasteiger partial charge in [-0.3, -0.25) is 4.79 Å². The van der Waals surface area contributed by atoms with E-state index in [1.54, 1.807) is 24.3 Å². The quantitative estimate of drug-likeness (QED) is 0.635. The van der Waals surface area contributed by atoms with Crippen LogP contribution in [0.2, 0.25) is 0 Å². The molecule has 2 N–H and O–H groups in total. The Hall–Kier alpha value is -1.20. The molecule has 2 aromatic carbocycles. The van der Waals surface area contributed by atoms with Gasteiger partial charge in [-0.25, -0.2) is 4.39 Å². The Bertz CT molecular complexity index is 628. The van der Waals surface area contributed by atoms with E-state index in [1.807, 2.05) is 0 Å². The number of benzene rings is 2. The van der Waals surface area contributed by atoms with Crippen molar-refractivity contribution in [3.63, 3.8) is 0 Å². The average molecular weight is 373 g/mol. The Balaban J connectivity index is 2.47. The van der Waals surface area contributed by atoms with Gasteiger partial charge in [0.15, 0.2) is 5.78 Å². The first-order valence-corrected chi connectivity index (χ1v) is 6.62. The number of carbonyl (C=O) groups is 1. The highest BCUT2D eigenvalue weighted by atomic mass is 79.9. The molecule has 0 aliphatic rings. The molecule has 0 radical (unpaired) electrons. The smallest absolute Gasteiger partial charge is 0.196 e. The lowest BCUT2D eigenvalue weighted by Crippen LogP contribution is -2.05. The van der Waals surface area contributed by atoms with Crippen molar-refractivity contribution in [1.82, 2.24) is 0 Å². The maximum Gasteiger partial charge on any atom is 0.196 e. The average Bonchev–Trinajstić information content (AvgIpc) is 2.35. The molecule has 0 spiro atoms. The highest BCUT2D eigenvalue weighted by Crippen LogP contribution is 2.24. The number of anilines is 1. The Labute approximate surface area is 120 Å². The first-order chi connectivity index (χ1) is 8.49. The lowest BCUT2D eigenvalue weighted by molar-refractivity contribution is 0.103. The van der Waals surface area contributed by atoms with Crippen LogP contribution in [0.3, 0.4) is 0 Å². The number of hydrogen-bond donors (Lipinski definition) is 1. The fourth-order valence-electron chi connectivity index (χ4n) is 1.50. The van der Waals surface area contributed by atoms with E-state index >= 15 is 0 Å². The predicted molar refractivity (Wildman–Crippen MR) is 76.1 cm³/mol. The van der Waals surface area contributed by atoms with E-state index in [0.29, 0.717) is 20.2 Å². The van der Waals surface area contributed by atoms with Gasteiger partial charge >= 0.3 is 0 Å². The van der Waals surface area contributed by atoms with Crippen LogP contribution < -0.4 is 5.73 Å². The van der Waals surface area contributed by atoms with E-state index in [4.69, 9.17) is 5.73 Å². The van der Waals surface area contributed by atoms with Gasteiger partial charge in [0.25, 0.3) is 0 Å². The van der Waals surface area contributed by atoms with E-state index < -0.39 is 5.82 Å². The molecule has 0 bridgehead atoms. The maximum absolute atomic E-state index is 13.6. The zero-order valence-corrected chi connectivity index (χ0v) is 12.3. The summed E-state index contributed by atoms with van der Waals surface area (Å²) in [5.41, 5.74) is 6.58. The summed E-state index contributed by atoms with van der Waals surface area (Å²) in [6.45, 7) is 0. The van der Waals surface area contributed by atoms with E-state index in [2.05, 4.69) is 31.9 Å². The van der Waals surface area contributed by atoms with Crippen LogP contribution in [0.15, 0.2) is 45.3 Å². The molecule has 18 heavy (non-hydrogen) atoms. The molecule has 0 aliphatic carbocycles. The van der Waals surface area contributed by atoms with Crippen LogP contribution in [0.5, 0.6) is 0 Å². The van der Waals surface area contributed by atoms with Crippen LogP contribution in [-0.4, -0.2) is 5.78 Å². The van der Waals surface area contributed by atoms with Crippen molar-refractivity contribution in [3.05, 3.63) is 62.3 Å². The van der Waals surface area contributed by atoms with Crippen LogP contribution in [0.1, 0.15) is 15.9 Å². The van der Waals surface area contributed by atoms with Crippen molar-refractivity contribution in [2.24, 2.45) is 0 Å². The fourth-order valence-corrected chi connectivity index (χ4v) is 2.24. The summed E-state index contributed by atoms with van der Waals surface area (Å²) >= 11 is 6.45. The van der Waals surface area contributed by atoms with Crippen LogP contribution in [0.25, 0.3) is 0 Å². The third-order valence-corrected chi connectivity index (χ3v) is 3.62. The van der Waals surface area contributed by atoms with Crippen LogP contribution >= 0.6 is 31.9 Å². The molecule has 0 saturated carbocycles. The first kappa shape index (κ1) is 13.2. The van der Waals surface area contributed by atoms with E-state index in [0.717, 1.165) is 0 Å². The number of nitrogens with two attached hydrogens (primary N) is 1. The molecule has 0 heterocycles. The fraction of sp³-hybridized carbons (Fsp3) is 0. The van der Waals surface area contributed by atoms with Crippen molar-refractivity contribution in [2.45, 2.75) is 0 Å². The molecule has 0 fully saturated rings. The van der Waals surface area contributed by atoms with Gasteiger partial charge in [0.05, 0.1) is 5.56 Å². The largest absolute Gasteiger partial charge is 0.398 e. The third-order valence-electron chi connectivity index (χ3n) is 2.44. The summed E-state index contributed by atoms with van der Waals surface area (Å²) < 4.78 is 14.9. The van der Waals surface area contributed by atoms with E-state index in [1.165, 1.54) is 12.1 Å². The summed E-state index contributed by atoms with van der Waals surface area (Å²) in [6.07, 6.45) is 0. The van der Waals surface area contributed by atoms with Gasteiger partial charge in [0, 0.05) is 20.2 Å². The molecule has 0 unspecified atom stereocenters. The number of hydrogen-bond acceptors (Lipinski definition) is 2. The summed E-state index contributed by atoms with van der Waals surface area (Å²) in [4.78, 5) is 12.2. The minimum Gasteiger partial charge on any atom is -0.398 e. The van der Waals surface area contributed by atoms with Crippen molar-refractivity contribution >= 4 is 43.3 Å². The van der Waals surface area contributed by atoms with Gasteiger partial charge in [0.2, 0.25) is 0 Å². The van der Waals surface area contributed by atoms with Gasteiger partial charge in [-0.05, 0) is 52.3 Å². The standard InChI is InChI=1S/C13H8Br2FNO/c14-8-2-3-11(16)9(6-8)13(18)7-1-4-12(17)10(15)5-7/h1-6H,17H2. The zero-order chi connectivity index (χ0) is 13.3.